The normalized spacial score (nSPS) is 13.6. The van der Waals surface area contributed by atoms with Gasteiger partial charge in [-0.3, -0.25) is 4.79 Å². The van der Waals surface area contributed by atoms with Gasteiger partial charge in [0.05, 0.1) is 17.2 Å². The number of hydrogen-bond acceptors (Lipinski definition) is 9. The summed E-state index contributed by atoms with van der Waals surface area (Å²) in [5, 5.41) is 2.62. The van der Waals surface area contributed by atoms with E-state index in [-0.39, 0.29) is 23.5 Å². The summed E-state index contributed by atoms with van der Waals surface area (Å²) in [7, 11) is -4.04. The van der Waals surface area contributed by atoms with E-state index in [1.54, 1.807) is 37.3 Å². The number of aromatic amines is 1. The Labute approximate surface area is 214 Å². The maximum Gasteiger partial charge on any atom is 0.252 e. The van der Waals surface area contributed by atoms with Crippen molar-refractivity contribution < 1.29 is 17.9 Å². The van der Waals surface area contributed by atoms with Crippen molar-refractivity contribution in [3.8, 4) is 11.5 Å². The van der Waals surface area contributed by atoms with Crippen LogP contribution >= 0.6 is 23.1 Å². The molecule has 5 aromatic rings. The zero-order valence-corrected chi connectivity index (χ0v) is 21.5. The standard InChI is InChI=1S/C24H20N4O5S3/c1-14-4-5-18-22(27-35-26-18)23(14)36(30,31)28(13-17-3-2-8-34-17)12-16-9-15-10-20-21(33-7-6-32-20)11-19(15)25-24(16)29/h2-5,8-11H,6-7,12-13H2,1H3,(H,25,29). The molecule has 0 radical (unpaired) electrons. The minimum Gasteiger partial charge on any atom is -0.486 e. The largest absolute Gasteiger partial charge is 0.486 e. The van der Waals surface area contributed by atoms with Crippen LogP contribution in [0, 0.1) is 6.92 Å². The Morgan fingerprint density at radius 2 is 1.86 bits per heavy atom. The molecule has 3 aromatic heterocycles. The third kappa shape index (κ3) is 4.05. The first kappa shape index (κ1) is 23.1. The van der Waals surface area contributed by atoms with Crippen LogP contribution in [0.4, 0.5) is 0 Å². The fourth-order valence-corrected chi connectivity index (χ4v) is 7.43. The number of ether oxygens (including phenoxy) is 2. The summed E-state index contributed by atoms with van der Waals surface area (Å²) in [6.45, 7) is 2.62. The van der Waals surface area contributed by atoms with Crippen molar-refractivity contribution in [3.63, 3.8) is 0 Å². The molecule has 0 amide bonds. The molecule has 0 saturated carbocycles. The number of nitrogens with one attached hydrogen (secondary N) is 1. The number of rotatable bonds is 6. The number of sulfonamides is 1. The van der Waals surface area contributed by atoms with Gasteiger partial charge in [-0.05, 0) is 42.1 Å². The molecule has 12 heteroatoms. The molecule has 0 unspecified atom stereocenters. The van der Waals surface area contributed by atoms with Crippen molar-refractivity contribution in [2.45, 2.75) is 24.9 Å². The minimum atomic E-state index is -4.04. The number of pyridine rings is 1. The Kier molecular flexibility index (Phi) is 5.75. The summed E-state index contributed by atoms with van der Waals surface area (Å²) >= 11 is 2.43. The van der Waals surface area contributed by atoms with Crippen molar-refractivity contribution in [2.24, 2.45) is 0 Å². The van der Waals surface area contributed by atoms with Gasteiger partial charge in [-0.2, -0.15) is 13.1 Å². The molecule has 1 aliphatic heterocycles. The number of H-pyrrole nitrogens is 1. The molecule has 0 fully saturated rings. The lowest BCUT2D eigenvalue weighted by atomic mass is 10.1. The quantitative estimate of drug-likeness (QED) is 0.345. The summed E-state index contributed by atoms with van der Waals surface area (Å²) in [4.78, 5) is 16.9. The van der Waals surface area contributed by atoms with Crippen LogP contribution in [-0.2, 0) is 23.1 Å². The highest BCUT2D eigenvalue weighted by atomic mass is 32.2. The highest BCUT2D eigenvalue weighted by Gasteiger charge is 2.31. The van der Waals surface area contributed by atoms with E-state index in [1.165, 1.54) is 15.6 Å². The van der Waals surface area contributed by atoms with E-state index >= 15 is 0 Å². The van der Waals surface area contributed by atoms with E-state index in [2.05, 4.69) is 13.7 Å². The van der Waals surface area contributed by atoms with Crippen LogP contribution in [0.5, 0.6) is 11.5 Å². The van der Waals surface area contributed by atoms with Crippen molar-refractivity contribution in [2.75, 3.05) is 13.2 Å². The molecule has 0 aliphatic carbocycles. The SMILES string of the molecule is Cc1ccc2nsnc2c1S(=O)(=O)N(Cc1cccs1)Cc1cc2cc3c(cc2[nH]c1=O)OCCO3. The highest BCUT2D eigenvalue weighted by molar-refractivity contribution is 7.89. The van der Waals surface area contributed by atoms with Gasteiger partial charge in [-0.15, -0.1) is 11.3 Å². The second-order valence-electron chi connectivity index (χ2n) is 8.40. The van der Waals surface area contributed by atoms with Gasteiger partial charge in [-0.1, -0.05) is 12.1 Å². The van der Waals surface area contributed by atoms with Crippen LogP contribution < -0.4 is 15.0 Å². The van der Waals surface area contributed by atoms with E-state index in [0.29, 0.717) is 52.4 Å². The zero-order chi connectivity index (χ0) is 24.9. The van der Waals surface area contributed by atoms with E-state index in [4.69, 9.17) is 9.47 Å². The number of thiophene rings is 1. The summed E-state index contributed by atoms with van der Waals surface area (Å²) in [5.74, 6) is 1.16. The fourth-order valence-electron chi connectivity index (χ4n) is 4.28. The van der Waals surface area contributed by atoms with Gasteiger partial charge in [0.25, 0.3) is 5.56 Å². The first-order valence-corrected chi connectivity index (χ1v) is 14.1. The molecule has 0 saturated heterocycles. The molecular formula is C24H20N4O5S3. The van der Waals surface area contributed by atoms with Gasteiger partial charge < -0.3 is 14.5 Å². The zero-order valence-electron chi connectivity index (χ0n) is 19.1. The van der Waals surface area contributed by atoms with Crippen LogP contribution in [0.2, 0.25) is 0 Å². The van der Waals surface area contributed by atoms with Gasteiger partial charge in [0, 0.05) is 35.0 Å². The Morgan fingerprint density at radius 1 is 1.06 bits per heavy atom. The average molecular weight is 541 g/mol. The number of nitrogens with zero attached hydrogens (tertiary/aromatic N) is 3. The van der Waals surface area contributed by atoms with Crippen molar-refractivity contribution in [1.29, 1.82) is 0 Å². The monoisotopic (exact) mass is 540 g/mol. The van der Waals surface area contributed by atoms with Gasteiger partial charge >= 0.3 is 0 Å². The molecule has 184 valence electrons. The predicted octanol–water partition coefficient (Wildman–Crippen LogP) is 4.07. The molecule has 4 heterocycles. The van der Waals surface area contributed by atoms with E-state index < -0.39 is 10.0 Å². The Morgan fingerprint density at radius 3 is 2.64 bits per heavy atom. The summed E-state index contributed by atoms with van der Waals surface area (Å²) in [6, 6.07) is 12.5. The van der Waals surface area contributed by atoms with Crippen molar-refractivity contribution >= 4 is 55.0 Å². The Bertz CT molecular complexity index is 1760. The highest BCUT2D eigenvalue weighted by Crippen LogP contribution is 2.34. The van der Waals surface area contributed by atoms with Crippen molar-refractivity contribution in [3.05, 3.63) is 74.2 Å². The summed E-state index contributed by atoms with van der Waals surface area (Å²) in [6.07, 6.45) is 0. The lowest BCUT2D eigenvalue weighted by molar-refractivity contribution is 0.172. The second-order valence-corrected chi connectivity index (χ2v) is 11.8. The van der Waals surface area contributed by atoms with Crippen LogP contribution in [-0.4, -0.2) is 39.7 Å². The van der Waals surface area contributed by atoms with E-state index in [1.807, 2.05) is 17.5 Å². The second kappa shape index (κ2) is 8.96. The molecule has 1 N–H and O–H groups in total. The van der Waals surface area contributed by atoms with Gasteiger partial charge in [0.1, 0.15) is 29.1 Å². The fraction of sp³-hybridized carbons (Fsp3) is 0.208. The Hall–Kier alpha value is -3.32. The number of aromatic nitrogens is 3. The number of benzene rings is 2. The maximum atomic E-state index is 14.1. The molecule has 0 atom stereocenters. The first-order chi connectivity index (χ1) is 17.4. The third-order valence-electron chi connectivity index (χ3n) is 6.02. The molecule has 2 aromatic carbocycles. The van der Waals surface area contributed by atoms with Crippen LogP contribution in [0.3, 0.4) is 0 Å². The van der Waals surface area contributed by atoms with E-state index in [0.717, 1.165) is 22.0 Å². The number of aryl methyl sites for hydroxylation is 1. The molecule has 1 aliphatic rings. The van der Waals surface area contributed by atoms with Gasteiger partial charge in [0.2, 0.25) is 10.0 Å². The van der Waals surface area contributed by atoms with Crippen LogP contribution in [0.15, 0.2) is 57.5 Å². The molecule has 0 bridgehead atoms. The molecule has 36 heavy (non-hydrogen) atoms. The lowest BCUT2D eigenvalue weighted by Gasteiger charge is -2.23. The molecule has 6 rings (SSSR count). The molecule has 0 spiro atoms. The maximum absolute atomic E-state index is 14.1. The average Bonchev–Trinajstić information content (AvgIpc) is 3.54. The van der Waals surface area contributed by atoms with E-state index in [9.17, 15) is 13.2 Å². The predicted molar refractivity (Wildman–Crippen MR) is 138 cm³/mol. The van der Waals surface area contributed by atoms with Crippen molar-refractivity contribution in [1.82, 2.24) is 18.0 Å². The first-order valence-electron chi connectivity index (χ1n) is 11.1. The number of hydrogen-bond donors (Lipinski definition) is 1. The number of fused-ring (bicyclic) bond motifs is 3. The Balaban J connectivity index is 1.46. The summed E-state index contributed by atoms with van der Waals surface area (Å²) in [5.41, 5.74) is 1.98. The van der Waals surface area contributed by atoms with Crippen LogP contribution in [0.1, 0.15) is 16.0 Å². The smallest absolute Gasteiger partial charge is 0.252 e. The third-order valence-corrected chi connectivity index (χ3v) is 9.39. The topological polar surface area (TPSA) is 114 Å². The summed E-state index contributed by atoms with van der Waals surface area (Å²) < 4.78 is 49.3. The van der Waals surface area contributed by atoms with Gasteiger partial charge in [0.15, 0.2) is 11.5 Å². The minimum absolute atomic E-state index is 0.113. The lowest BCUT2D eigenvalue weighted by Crippen LogP contribution is -2.33. The molecular weight excluding hydrogens is 520 g/mol. The van der Waals surface area contributed by atoms with Crippen LogP contribution in [0.25, 0.3) is 21.9 Å². The molecule has 9 nitrogen and oxygen atoms in total. The van der Waals surface area contributed by atoms with Gasteiger partial charge in [-0.25, -0.2) is 8.42 Å².